The normalized spacial score (nSPS) is 11.3. The molecule has 6 nitrogen and oxygen atoms in total. The van der Waals surface area contributed by atoms with Crippen LogP contribution in [0.2, 0.25) is 0 Å². The highest BCUT2D eigenvalue weighted by Crippen LogP contribution is 2.26. The lowest BCUT2D eigenvalue weighted by Crippen LogP contribution is -2.24. The van der Waals surface area contributed by atoms with Gasteiger partial charge in [-0.1, -0.05) is 13.8 Å². The Bertz CT molecular complexity index is 433. The molecule has 100 valence electrons. The zero-order chi connectivity index (χ0) is 13.8. The van der Waals surface area contributed by atoms with Crippen molar-refractivity contribution in [3.05, 3.63) is 28.3 Å². The molecule has 0 spiro atoms. The summed E-state index contributed by atoms with van der Waals surface area (Å²) in [4.78, 5) is 10.1. The van der Waals surface area contributed by atoms with Gasteiger partial charge in [0.1, 0.15) is 0 Å². The summed E-state index contributed by atoms with van der Waals surface area (Å²) in [6, 6.07) is 4.35. The van der Waals surface area contributed by atoms with Crippen molar-refractivity contribution in [1.82, 2.24) is 0 Å². The zero-order valence-electron chi connectivity index (χ0n) is 10.6. The average molecular weight is 253 g/mol. The van der Waals surface area contributed by atoms with Crippen LogP contribution in [0.4, 0.5) is 17.1 Å². The maximum atomic E-state index is 10.6. The summed E-state index contributed by atoms with van der Waals surface area (Å²) in [5, 5.41) is 22.6. The second-order valence-corrected chi connectivity index (χ2v) is 5.02. The van der Waals surface area contributed by atoms with Crippen LogP contribution in [-0.2, 0) is 0 Å². The fourth-order valence-electron chi connectivity index (χ4n) is 1.55. The summed E-state index contributed by atoms with van der Waals surface area (Å²) < 4.78 is 0. The topological polar surface area (TPSA) is 101 Å². The van der Waals surface area contributed by atoms with Gasteiger partial charge in [-0.3, -0.25) is 10.1 Å². The minimum atomic E-state index is -0.476. The number of nitrogen functional groups attached to an aromatic ring is 1. The number of rotatable bonds is 6. The van der Waals surface area contributed by atoms with Gasteiger partial charge >= 0.3 is 0 Å². The quantitative estimate of drug-likeness (QED) is 0.409. The van der Waals surface area contributed by atoms with Crippen molar-refractivity contribution >= 4 is 17.1 Å². The summed E-state index contributed by atoms with van der Waals surface area (Å²) in [7, 11) is 0. The number of aliphatic hydroxyl groups excluding tert-OH is 1. The summed E-state index contributed by atoms with van der Waals surface area (Å²) >= 11 is 0. The molecule has 0 heterocycles. The van der Waals surface area contributed by atoms with Crippen molar-refractivity contribution < 1.29 is 10.0 Å². The lowest BCUT2D eigenvalue weighted by Gasteiger charge is -2.24. The van der Waals surface area contributed by atoms with Crippen LogP contribution < -0.4 is 11.1 Å². The number of nitrogens with zero attached hydrogens (tertiary/aromatic N) is 1. The van der Waals surface area contributed by atoms with E-state index in [9.17, 15) is 10.1 Å². The van der Waals surface area contributed by atoms with Crippen LogP contribution >= 0.6 is 0 Å². The summed E-state index contributed by atoms with van der Waals surface area (Å²) in [5.74, 6) is 0. The highest BCUT2D eigenvalue weighted by Gasteiger charge is 2.17. The van der Waals surface area contributed by atoms with Gasteiger partial charge in [-0.2, -0.15) is 0 Å². The van der Waals surface area contributed by atoms with E-state index < -0.39 is 4.92 Å². The molecular formula is C12H19N3O3. The predicted molar refractivity (Wildman–Crippen MR) is 71.5 cm³/mol. The first-order valence-electron chi connectivity index (χ1n) is 5.74. The molecule has 0 atom stereocenters. The zero-order valence-corrected chi connectivity index (χ0v) is 10.6. The summed E-state index contributed by atoms with van der Waals surface area (Å²) in [6.45, 7) is 4.82. The Morgan fingerprint density at radius 2 is 2.17 bits per heavy atom. The Hall–Kier alpha value is -1.82. The molecule has 0 fully saturated rings. The molecule has 0 unspecified atom stereocenters. The molecule has 0 amide bonds. The average Bonchev–Trinajstić information content (AvgIpc) is 2.27. The van der Waals surface area contributed by atoms with Crippen LogP contribution in [0, 0.1) is 15.5 Å². The number of nitro benzene ring substituents is 1. The SMILES string of the molecule is CC(C)(CCO)CNc1ccc([N+](=O)[O-])cc1N. The Kier molecular flexibility index (Phi) is 4.49. The number of non-ortho nitro benzene ring substituents is 1. The Morgan fingerprint density at radius 1 is 1.50 bits per heavy atom. The van der Waals surface area contributed by atoms with E-state index in [0.29, 0.717) is 24.3 Å². The fourth-order valence-corrected chi connectivity index (χ4v) is 1.55. The van der Waals surface area contributed by atoms with Crippen LogP contribution in [0.15, 0.2) is 18.2 Å². The minimum absolute atomic E-state index is 0.0207. The maximum Gasteiger partial charge on any atom is 0.271 e. The third-order valence-electron chi connectivity index (χ3n) is 2.79. The van der Waals surface area contributed by atoms with Crippen LogP contribution in [0.25, 0.3) is 0 Å². The van der Waals surface area contributed by atoms with Gasteiger partial charge < -0.3 is 16.2 Å². The van der Waals surface area contributed by atoms with Gasteiger partial charge in [-0.25, -0.2) is 0 Å². The first-order chi connectivity index (χ1) is 8.35. The van der Waals surface area contributed by atoms with Gasteiger partial charge in [0.2, 0.25) is 0 Å². The lowest BCUT2D eigenvalue weighted by atomic mass is 9.89. The number of nitrogens with one attached hydrogen (secondary N) is 1. The monoisotopic (exact) mass is 253 g/mol. The number of nitro groups is 1. The molecule has 0 saturated heterocycles. The van der Waals surface area contributed by atoms with Crippen LogP contribution in [0.1, 0.15) is 20.3 Å². The van der Waals surface area contributed by atoms with Crippen LogP contribution in [-0.4, -0.2) is 23.2 Å². The predicted octanol–water partition coefficient (Wildman–Crippen LogP) is 2.00. The smallest absolute Gasteiger partial charge is 0.271 e. The van der Waals surface area contributed by atoms with E-state index in [1.54, 1.807) is 6.07 Å². The molecule has 1 aromatic rings. The lowest BCUT2D eigenvalue weighted by molar-refractivity contribution is -0.384. The molecular weight excluding hydrogens is 234 g/mol. The van der Waals surface area contributed by atoms with Crippen molar-refractivity contribution in [2.24, 2.45) is 5.41 Å². The van der Waals surface area contributed by atoms with E-state index in [1.807, 2.05) is 13.8 Å². The second-order valence-electron chi connectivity index (χ2n) is 5.02. The minimum Gasteiger partial charge on any atom is -0.397 e. The number of aliphatic hydroxyl groups is 1. The van der Waals surface area contributed by atoms with E-state index in [2.05, 4.69) is 5.32 Å². The number of nitrogens with two attached hydrogens (primary N) is 1. The van der Waals surface area contributed by atoms with Crippen LogP contribution in [0.5, 0.6) is 0 Å². The number of anilines is 2. The molecule has 4 N–H and O–H groups in total. The summed E-state index contributed by atoms with van der Waals surface area (Å²) in [6.07, 6.45) is 0.673. The molecule has 1 aromatic carbocycles. The van der Waals surface area contributed by atoms with Crippen molar-refractivity contribution in [2.75, 3.05) is 24.2 Å². The molecule has 0 aliphatic rings. The van der Waals surface area contributed by atoms with E-state index in [4.69, 9.17) is 10.8 Å². The first-order valence-corrected chi connectivity index (χ1v) is 5.74. The van der Waals surface area contributed by atoms with Crippen molar-refractivity contribution in [2.45, 2.75) is 20.3 Å². The standard InChI is InChI=1S/C12H19N3O3/c1-12(2,5-6-16)8-14-11-4-3-9(15(17)18)7-10(11)13/h3-4,7,14,16H,5-6,8,13H2,1-2H3. The Balaban J connectivity index is 2.71. The summed E-state index contributed by atoms with van der Waals surface area (Å²) in [5.41, 5.74) is 6.68. The van der Waals surface area contributed by atoms with Crippen molar-refractivity contribution in [3.8, 4) is 0 Å². The Labute approximate surface area is 106 Å². The van der Waals surface area contributed by atoms with Gasteiger partial charge in [0, 0.05) is 25.3 Å². The third-order valence-corrected chi connectivity index (χ3v) is 2.79. The molecule has 0 saturated carbocycles. The Morgan fingerprint density at radius 3 is 2.67 bits per heavy atom. The number of benzene rings is 1. The second kappa shape index (κ2) is 5.68. The van der Waals surface area contributed by atoms with E-state index in [0.717, 1.165) is 0 Å². The molecule has 0 aliphatic heterocycles. The maximum absolute atomic E-state index is 10.6. The number of hydrogen-bond donors (Lipinski definition) is 3. The molecule has 6 heteroatoms. The van der Waals surface area contributed by atoms with Crippen molar-refractivity contribution in [1.29, 1.82) is 0 Å². The largest absolute Gasteiger partial charge is 0.397 e. The van der Waals surface area contributed by atoms with E-state index >= 15 is 0 Å². The number of hydrogen-bond acceptors (Lipinski definition) is 5. The van der Waals surface area contributed by atoms with E-state index in [1.165, 1.54) is 12.1 Å². The molecule has 1 rings (SSSR count). The van der Waals surface area contributed by atoms with Gasteiger partial charge in [0.05, 0.1) is 16.3 Å². The van der Waals surface area contributed by atoms with Gasteiger partial charge in [-0.15, -0.1) is 0 Å². The first kappa shape index (κ1) is 14.2. The molecule has 0 radical (unpaired) electrons. The van der Waals surface area contributed by atoms with Crippen molar-refractivity contribution in [3.63, 3.8) is 0 Å². The molecule has 0 bridgehead atoms. The van der Waals surface area contributed by atoms with E-state index in [-0.39, 0.29) is 17.7 Å². The van der Waals surface area contributed by atoms with Crippen LogP contribution in [0.3, 0.4) is 0 Å². The highest BCUT2D eigenvalue weighted by atomic mass is 16.6. The van der Waals surface area contributed by atoms with Gasteiger partial charge in [0.25, 0.3) is 5.69 Å². The molecule has 0 aromatic heterocycles. The van der Waals surface area contributed by atoms with Gasteiger partial charge in [0.15, 0.2) is 0 Å². The fraction of sp³-hybridized carbons (Fsp3) is 0.500. The third kappa shape index (κ3) is 3.89. The van der Waals surface area contributed by atoms with Gasteiger partial charge in [-0.05, 0) is 17.9 Å². The highest BCUT2D eigenvalue weighted by molar-refractivity contribution is 5.69. The molecule has 0 aliphatic carbocycles. The molecule has 18 heavy (non-hydrogen) atoms.